The van der Waals surface area contributed by atoms with Crippen molar-refractivity contribution in [2.24, 2.45) is 0 Å². The lowest BCUT2D eigenvalue weighted by Crippen LogP contribution is -2.12. The first-order chi connectivity index (χ1) is 11.1. The maximum absolute atomic E-state index is 12.4. The van der Waals surface area contributed by atoms with E-state index >= 15 is 0 Å². The summed E-state index contributed by atoms with van der Waals surface area (Å²) >= 11 is 0. The smallest absolute Gasteiger partial charge is 0.260 e. The second kappa shape index (κ2) is 5.96. The maximum atomic E-state index is 12.4. The number of ether oxygens (including phenoxy) is 2. The van der Waals surface area contributed by atoms with Crippen LogP contribution in [-0.4, -0.2) is 30.3 Å². The van der Waals surface area contributed by atoms with Crippen molar-refractivity contribution in [1.82, 2.24) is 10.1 Å². The number of amides is 1. The number of methoxy groups -OCH3 is 2. The molecule has 0 saturated carbocycles. The number of aryl methyl sites for hydroxylation is 1. The molecule has 23 heavy (non-hydrogen) atoms. The Labute approximate surface area is 132 Å². The average molecular weight is 313 g/mol. The predicted octanol–water partition coefficient (Wildman–Crippen LogP) is 2.80. The van der Waals surface area contributed by atoms with Crippen LogP contribution in [0.3, 0.4) is 0 Å². The molecule has 118 valence electrons. The Bertz CT molecular complexity index is 873. The molecule has 1 aromatic carbocycles. The van der Waals surface area contributed by atoms with Gasteiger partial charge >= 0.3 is 0 Å². The van der Waals surface area contributed by atoms with Crippen LogP contribution in [0.15, 0.2) is 34.9 Å². The Kier molecular flexibility index (Phi) is 3.84. The summed E-state index contributed by atoms with van der Waals surface area (Å²) in [4.78, 5) is 16.6. The number of rotatable bonds is 4. The van der Waals surface area contributed by atoms with E-state index < -0.39 is 0 Å². The van der Waals surface area contributed by atoms with E-state index in [-0.39, 0.29) is 5.91 Å². The molecule has 0 atom stereocenters. The summed E-state index contributed by atoms with van der Waals surface area (Å²) in [6.45, 7) is 1.85. The van der Waals surface area contributed by atoms with E-state index in [1.165, 1.54) is 14.2 Å². The molecule has 7 nitrogen and oxygen atoms in total. The molecule has 0 bridgehead atoms. The van der Waals surface area contributed by atoms with Crippen molar-refractivity contribution in [3.63, 3.8) is 0 Å². The first-order valence-corrected chi connectivity index (χ1v) is 6.89. The fourth-order valence-corrected chi connectivity index (χ4v) is 2.17. The Balaban J connectivity index is 1.88. The van der Waals surface area contributed by atoms with Crippen LogP contribution in [0.4, 0.5) is 5.82 Å². The van der Waals surface area contributed by atoms with Gasteiger partial charge in [-0.25, -0.2) is 4.98 Å². The summed E-state index contributed by atoms with van der Waals surface area (Å²) in [5, 5.41) is 7.21. The van der Waals surface area contributed by atoms with Crippen LogP contribution in [0, 0.1) is 6.92 Å². The quantitative estimate of drug-likeness (QED) is 0.797. The molecule has 2 aromatic heterocycles. The molecule has 7 heteroatoms. The van der Waals surface area contributed by atoms with E-state index in [0.717, 1.165) is 5.69 Å². The summed E-state index contributed by atoms with van der Waals surface area (Å²) in [5.41, 5.74) is 1.61. The summed E-state index contributed by atoms with van der Waals surface area (Å²) in [6, 6.07) is 8.53. The Morgan fingerprint density at radius 2 is 1.91 bits per heavy atom. The molecule has 0 aliphatic carbocycles. The number of carbonyl (C=O) groups excluding carboxylic acids is 1. The molecule has 0 saturated heterocycles. The largest absolute Gasteiger partial charge is 0.493 e. The number of hydrogen-bond donors (Lipinski definition) is 1. The van der Waals surface area contributed by atoms with Crippen LogP contribution in [-0.2, 0) is 0 Å². The SMILES string of the molecule is COc1ccc(C(=O)Nc2noc3nc(C)ccc23)cc1OC. The summed E-state index contributed by atoms with van der Waals surface area (Å²) < 4.78 is 15.5. The van der Waals surface area contributed by atoms with Gasteiger partial charge in [-0.05, 0) is 37.3 Å². The van der Waals surface area contributed by atoms with E-state index in [1.54, 1.807) is 24.3 Å². The third kappa shape index (κ3) is 2.80. The second-order valence-corrected chi connectivity index (χ2v) is 4.86. The molecular weight excluding hydrogens is 298 g/mol. The highest BCUT2D eigenvalue weighted by Crippen LogP contribution is 2.28. The van der Waals surface area contributed by atoms with Gasteiger partial charge in [0.15, 0.2) is 17.3 Å². The van der Waals surface area contributed by atoms with Gasteiger partial charge in [0.1, 0.15) is 0 Å². The number of carbonyl (C=O) groups is 1. The Morgan fingerprint density at radius 1 is 1.13 bits per heavy atom. The molecule has 0 radical (unpaired) electrons. The lowest BCUT2D eigenvalue weighted by Gasteiger charge is -2.09. The number of benzene rings is 1. The minimum Gasteiger partial charge on any atom is -0.493 e. The number of hydrogen-bond acceptors (Lipinski definition) is 6. The normalized spacial score (nSPS) is 10.6. The molecular formula is C16H15N3O4. The molecule has 0 unspecified atom stereocenters. The van der Waals surface area contributed by atoms with Crippen molar-refractivity contribution >= 4 is 22.8 Å². The third-order valence-corrected chi connectivity index (χ3v) is 3.36. The van der Waals surface area contributed by atoms with Gasteiger partial charge in [-0.2, -0.15) is 0 Å². The first-order valence-electron chi connectivity index (χ1n) is 6.89. The molecule has 0 aliphatic heterocycles. The van der Waals surface area contributed by atoms with Gasteiger partial charge in [0.05, 0.1) is 19.6 Å². The van der Waals surface area contributed by atoms with Crippen molar-refractivity contribution in [1.29, 1.82) is 0 Å². The van der Waals surface area contributed by atoms with E-state index in [0.29, 0.717) is 34.0 Å². The molecule has 2 heterocycles. The minimum atomic E-state index is -0.332. The highest BCUT2D eigenvalue weighted by Gasteiger charge is 2.15. The van der Waals surface area contributed by atoms with E-state index in [9.17, 15) is 4.79 Å². The highest BCUT2D eigenvalue weighted by molar-refractivity contribution is 6.07. The van der Waals surface area contributed by atoms with Crippen LogP contribution in [0.25, 0.3) is 11.1 Å². The summed E-state index contributed by atoms with van der Waals surface area (Å²) in [7, 11) is 3.05. The number of fused-ring (bicyclic) bond motifs is 1. The number of anilines is 1. The molecule has 1 N–H and O–H groups in total. The fraction of sp³-hybridized carbons (Fsp3) is 0.188. The van der Waals surface area contributed by atoms with Crippen LogP contribution in [0.1, 0.15) is 16.1 Å². The summed E-state index contributed by atoms with van der Waals surface area (Å²) in [5.74, 6) is 1.02. The van der Waals surface area contributed by atoms with Crippen molar-refractivity contribution in [3.05, 3.63) is 41.6 Å². The van der Waals surface area contributed by atoms with Crippen LogP contribution < -0.4 is 14.8 Å². The fourth-order valence-electron chi connectivity index (χ4n) is 2.17. The van der Waals surface area contributed by atoms with Gasteiger partial charge in [-0.3, -0.25) is 4.79 Å². The van der Waals surface area contributed by atoms with Crippen LogP contribution >= 0.6 is 0 Å². The lowest BCUT2D eigenvalue weighted by molar-refractivity contribution is 0.102. The van der Waals surface area contributed by atoms with Crippen molar-refractivity contribution in [2.75, 3.05) is 19.5 Å². The number of nitrogens with zero attached hydrogens (tertiary/aromatic N) is 2. The average Bonchev–Trinajstić information content (AvgIpc) is 2.96. The monoisotopic (exact) mass is 313 g/mol. The van der Waals surface area contributed by atoms with E-state index in [4.69, 9.17) is 14.0 Å². The standard InChI is InChI=1S/C16H15N3O4/c1-9-4-6-11-14(19-23-16(11)17-9)18-15(20)10-5-7-12(21-2)13(8-10)22-3/h4-8H,1-3H3,(H,18,19,20). The van der Waals surface area contributed by atoms with Gasteiger partial charge in [-0.15, -0.1) is 0 Å². The first kappa shape index (κ1) is 14.8. The lowest BCUT2D eigenvalue weighted by atomic mass is 10.2. The number of aromatic nitrogens is 2. The van der Waals surface area contributed by atoms with Crippen molar-refractivity contribution in [3.8, 4) is 11.5 Å². The number of nitrogens with one attached hydrogen (secondary N) is 1. The molecule has 0 spiro atoms. The van der Waals surface area contributed by atoms with Gasteiger partial charge in [0, 0.05) is 11.3 Å². The van der Waals surface area contributed by atoms with Crippen LogP contribution in [0.5, 0.6) is 11.5 Å². The topological polar surface area (TPSA) is 86.5 Å². The maximum Gasteiger partial charge on any atom is 0.260 e. The van der Waals surface area contributed by atoms with E-state index in [1.807, 2.05) is 13.0 Å². The zero-order valence-electron chi connectivity index (χ0n) is 12.9. The molecule has 3 rings (SSSR count). The van der Waals surface area contributed by atoms with Crippen molar-refractivity contribution < 1.29 is 18.8 Å². The zero-order valence-corrected chi connectivity index (χ0v) is 12.9. The third-order valence-electron chi connectivity index (χ3n) is 3.36. The number of pyridine rings is 1. The highest BCUT2D eigenvalue weighted by atomic mass is 16.5. The predicted molar refractivity (Wildman–Crippen MR) is 84.0 cm³/mol. The van der Waals surface area contributed by atoms with Crippen molar-refractivity contribution in [2.45, 2.75) is 6.92 Å². The second-order valence-electron chi connectivity index (χ2n) is 4.86. The van der Waals surface area contributed by atoms with Gasteiger partial charge < -0.3 is 19.3 Å². The minimum absolute atomic E-state index is 0.326. The molecule has 0 aliphatic rings. The van der Waals surface area contributed by atoms with E-state index in [2.05, 4.69) is 15.5 Å². The Hall–Kier alpha value is -3.09. The van der Waals surface area contributed by atoms with Gasteiger partial charge in [0.2, 0.25) is 0 Å². The zero-order chi connectivity index (χ0) is 16.4. The molecule has 3 aromatic rings. The molecule has 1 amide bonds. The summed E-state index contributed by atoms with van der Waals surface area (Å²) in [6.07, 6.45) is 0. The van der Waals surface area contributed by atoms with Gasteiger partial charge in [-0.1, -0.05) is 5.16 Å². The van der Waals surface area contributed by atoms with Gasteiger partial charge in [0.25, 0.3) is 11.6 Å². The molecule has 0 fully saturated rings. The Morgan fingerprint density at radius 3 is 2.65 bits per heavy atom. The van der Waals surface area contributed by atoms with Crippen LogP contribution in [0.2, 0.25) is 0 Å².